The molecule has 2 aromatic rings. The van der Waals surface area contributed by atoms with Crippen molar-refractivity contribution in [2.75, 3.05) is 13.6 Å². The maximum absolute atomic E-state index is 12.5. The average Bonchev–Trinajstić information content (AvgIpc) is 3.02. The van der Waals surface area contributed by atoms with Gasteiger partial charge in [-0.1, -0.05) is 54.6 Å². The van der Waals surface area contributed by atoms with E-state index >= 15 is 0 Å². The van der Waals surface area contributed by atoms with Crippen molar-refractivity contribution in [2.24, 2.45) is 0 Å². The molecule has 28 heavy (non-hydrogen) atoms. The van der Waals surface area contributed by atoms with Gasteiger partial charge in [0.05, 0.1) is 12.5 Å². The Bertz CT molecular complexity index is 802. The van der Waals surface area contributed by atoms with Crippen LogP contribution in [-0.2, 0) is 16.0 Å². The first-order valence-electron chi connectivity index (χ1n) is 9.86. The molecule has 5 nitrogen and oxygen atoms in total. The zero-order valence-electron chi connectivity index (χ0n) is 16.8. The van der Waals surface area contributed by atoms with E-state index in [1.807, 2.05) is 68.3 Å². The summed E-state index contributed by atoms with van der Waals surface area (Å²) in [4.78, 5) is 26.7. The molecule has 2 atom stereocenters. The molecule has 0 spiro atoms. The van der Waals surface area contributed by atoms with Crippen LogP contribution < -0.4 is 10.6 Å². The van der Waals surface area contributed by atoms with Gasteiger partial charge < -0.3 is 10.6 Å². The lowest BCUT2D eigenvalue weighted by Crippen LogP contribution is -2.43. The lowest BCUT2D eigenvalue weighted by Gasteiger charge is -2.19. The smallest absolute Gasteiger partial charge is 0.237 e. The first-order chi connectivity index (χ1) is 13.4. The number of likely N-dealkylation sites (tertiary alicyclic amines) is 1. The van der Waals surface area contributed by atoms with Crippen LogP contribution in [0.3, 0.4) is 0 Å². The largest absolute Gasteiger partial charge is 0.353 e. The van der Waals surface area contributed by atoms with E-state index in [-0.39, 0.29) is 29.9 Å². The number of nitrogens with zero attached hydrogens (tertiary/aromatic N) is 1. The van der Waals surface area contributed by atoms with E-state index in [0.717, 1.165) is 11.1 Å². The molecule has 1 fully saturated rings. The summed E-state index contributed by atoms with van der Waals surface area (Å²) < 4.78 is 0. The molecule has 0 radical (unpaired) electrons. The normalized spacial score (nSPS) is 19.6. The molecule has 0 saturated carbocycles. The third-order valence-electron chi connectivity index (χ3n) is 5.07. The van der Waals surface area contributed by atoms with Gasteiger partial charge in [-0.05, 0) is 44.0 Å². The van der Waals surface area contributed by atoms with Crippen molar-refractivity contribution in [3.63, 3.8) is 0 Å². The number of carbonyl (C=O) groups excluding carboxylic acids is 2. The van der Waals surface area contributed by atoms with E-state index < -0.39 is 0 Å². The van der Waals surface area contributed by atoms with Gasteiger partial charge in [0.1, 0.15) is 0 Å². The monoisotopic (exact) mass is 379 g/mol. The molecule has 1 aliphatic rings. The minimum Gasteiger partial charge on any atom is -0.353 e. The standard InChI is InChI=1S/C23H29N3O2/c1-16(2)24-23(28)21-14-20(15-26(21)3)25-22(27)13-17-9-11-19(12-10-17)18-7-5-4-6-8-18/h4-12,16,20-21H,13-15H2,1-3H3,(H,24,28)(H,25,27). The molecule has 3 rings (SSSR count). The maximum Gasteiger partial charge on any atom is 0.237 e. The number of amides is 2. The summed E-state index contributed by atoms with van der Waals surface area (Å²) in [5.41, 5.74) is 3.29. The van der Waals surface area contributed by atoms with Crippen LogP contribution in [0.4, 0.5) is 0 Å². The number of carbonyl (C=O) groups is 2. The highest BCUT2D eigenvalue weighted by Gasteiger charge is 2.35. The molecule has 148 valence electrons. The summed E-state index contributed by atoms with van der Waals surface area (Å²) in [6.07, 6.45) is 0.992. The van der Waals surface area contributed by atoms with E-state index in [1.165, 1.54) is 5.56 Å². The van der Waals surface area contributed by atoms with Crippen molar-refractivity contribution in [1.29, 1.82) is 0 Å². The summed E-state index contributed by atoms with van der Waals surface area (Å²) in [5, 5.41) is 6.04. The number of hydrogen-bond acceptors (Lipinski definition) is 3. The van der Waals surface area contributed by atoms with Crippen LogP contribution in [0, 0.1) is 0 Å². The molecular weight excluding hydrogens is 350 g/mol. The molecule has 0 aliphatic carbocycles. The van der Waals surface area contributed by atoms with Gasteiger partial charge in [-0.15, -0.1) is 0 Å². The fourth-order valence-electron chi connectivity index (χ4n) is 3.70. The minimum atomic E-state index is -0.183. The number of nitrogens with one attached hydrogen (secondary N) is 2. The third-order valence-corrected chi connectivity index (χ3v) is 5.07. The van der Waals surface area contributed by atoms with Gasteiger partial charge in [-0.2, -0.15) is 0 Å². The highest BCUT2D eigenvalue weighted by Crippen LogP contribution is 2.20. The molecule has 2 aromatic carbocycles. The first kappa shape index (κ1) is 20.1. The van der Waals surface area contributed by atoms with Gasteiger partial charge in [0, 0.05) is 18.6 Å². The highest BCUT2D eigenvalue weighted by molar-refractivity contribution is 5.83. The van der Waals surface area contributed by atoms with Crippen molar-refractivity contribution < 1.29 is 9.59 Å². The van der Waals surface area contributed by atoms with Crippen molar-refractivity contribution in [2.45, 2.75) is 44.8 Å². The molecule has 2 N–H and O–H groups in total. The second kappa shape index (κ2) is 9.02. The first-order valence-corrected chi connectivity index (χ1v) is 9.86. The Labute approximate surface area is 167 Å². The molecule has 2 unspecified atom stereocenters. The van der Waals surface area contributed by atoms with Crippen molar-refractivity contribution in [1.82, 2.24) is 15.5 Å². The predicted octanol–water partition coefficient (Wildman–Crippen LogP) is 2.61. The molecule has 0 bridgehead atoms. The molecule has 2 amide bonds. The van der Waals surface area contributed by atoms with Crippen LogP contribution in [0.5, 0.6) is 0 Å². The fraction of sp³-hybridized carbons (Fsp3) is 0.391. The Morgan fingerprint density at radius 2 is 1.68 bits per heavy atom. The molecule has 1 aliphatic heterocycles. The van der Waals surface area contributed by atoms with Crippen LogP contribution in [0.2, 0.25) is 0 Å². The minimum absolute atomic E-state index is 0.00371. The molecule has 1 saturated heterocycles. The molecule has 5 heteroatoms. The SMILES string of the molecule is CC(C)NC(=O)C1CC(NC(=O)Cc2ccc(-c3ccccc3)cc2)CN1C. The number of benzene rings is 2. The predicted molar refractivity (Wildman–Crippen MR) is 112 cm³/mol. The lowest BCUT2D eigenvalue weighted by atomic mass is 10.0. The van der Waals surface area contributed by atoms with Crippen LogP contribution in [0.1, 0.15) is 25.8 Å². The van der Waals surface area contributed by atoms with Gasteiger partial charge in [0.15, 0.2) is 0 Å². The van der Waals surface area contributed by atoms with Gasteiger partial charge in [-0.25, -0.2) is 0 Å². The third kappa shape index (κ3) is 5.20. The van der Waals surface area contributed by atoms with E-state index in [1.54, 1.807) is 0 Å². The van der Waals surface area contributed by atoms with Crippen molar-refractivity contribution in [3.05, 3.63) is 60.2 Å². The fourth-order valence-corrected chi connectivity index (χ4v) is 3.70. The van der Waals surface area contributed by atoms with Gasteiger partial charge in [0.25, 0.3) is 0 Å². The zero-order valence-corrected chi connectivity index (χ0v) is 16.8. The Morgan fingerprint density at radius 1 is 1.04 bits per heavy atom. The van der Waals surface area contributed by atoms with Gasteiger partial charge in [0.2, 0.25) is 11.8 Å². The molecular formula is C23H29N3O2. The summed E-state index contributed by atoms with van der Waals surface area (Å²) in [5.74, 6) is 0.0292. The second-order valence-electron chi connectivity index (χ2n) is 7.86. The van der Waals surface area contributed by atoms with Crippen LogP contribution >= 0.6 is 0 Å². The zero-order chi connectivity index (χ0) is 20.1. The summed E-state index contributed by atoms with van der Waals surface area (Å²) in [6, 6.07) is 18.2. The Morgan fingerprint density at radius 3 is 2.32 bits per heavy atom. The Balaban J connectivity index is 1.52. The topological polar surface area (TPSA) is 61.4 Å². The van der Waals surface area contributed by atoms with Crippen LogP contribution in [-0.4, -0.2) is 48.4 Å². The van der Waals surface area contributed by atoms with E-state index in [9.17, 15) is 9.59 Å². The van der Waals surface area contributed by atoms with Gasteiger partial charge in [-0.3, -0.25) is 14.5 Å². The average molecular weight is 380 g/mol. The number of hydrogen-bond donors (Lipinski definition) is 2. The summed E-state index contributed by atoms with van der Waals surface area (Å²) in [7, 11) is 1.93. The van der Waals surface area contributed by atoms with Crippen molar-refractivity contribution >= 4 is 11.8 Å². The quantitative estimate of drug-likeness (QED) is 0.811. The summed E-state index contributed by atoms with van der Waals surface area (Å²) in [6.45, 7) is 4.60. The van der Waals surface area contributed by atoms with Gasteiger partial charge >= 0.3 is 0 Å². The second-order valence-corrected chi connectivity index (χ2v) is 7.86. The Hall–Kier alpha value is -2.66. The Kier molecular flexibility index (Phi) is 6.47. The maximum atomic E-state index is 12.5. The van der Waals surface area contributed by atoms with E-state index in [0.29, 0.717) is 19.4 Å². The van der Waals surface area contributed by atoms with Crippen LogP contribution in [0.15, 0.2) is 54.6 Å². The summed E-state index contributed by atoms with van der Waals surface area (Å²) >= 11 is 0. The molecule has 1 heterocycles. The van der Waals surface area contributed by atoms with E-state index in [4.69, 9.17) is 0 Å². The lowest BCUT2D eigenvalue weighted by molar-refractivity contribution is -0.125. The number of rotatable bonds is 6. The van der Waals surface area contributed by atoms with Crippen LogP contribution in [0.25, 0.3) is 11.1 Å². The van der Waals surface area contributed by atoms with Crippen molar-refractivity contribution in [3.8, 4) is 11.1 Å². The highest BCUT2D eigenvalue weighted by atomic mass is 16.2. The molecule has 0 aromatic heterocycles. The van der Waals surface area contributed by atoms with E-state index in [2.05, 4.69) is 22.8 Å². The number of likely N-dealkylation sites (N-methyl/N-ethyl adjacent to an activating group) is 1.